The lowest BCUT2D eigenvalue weighted by molar-refractivity contribution is -0.113. The number of carbonyl (C=O) groups is 1. The number of anilines is 1. The number of hydrogen-bond acceptors (Lipinski definition) is 2. The van der Waals surface area contributed by atoms with Crippen LogP contribution in [0.4, 0.5) is 14.5 Å². The lowest BCUT2D eigenvalue weighted by atomic mass is 10.3. The maximum Gasteiger partial charge on any atom is 0.234 e. The second kappa shape index (κ2) is 6.33. The second-order valence-corrected chi connectivity index (χ2v) is 4.82. The van der Waals surface area contributed by atoms with Gasteiger partial charge in [0.05, 0.1) is 11.4 Å². The molecule has 1 amide bonds. The van der Waals surface area contributed by atoms with Crippen LogP contribution in [0.2, 0.25) is 0 Å². The molecule has 0 atom stereocenters. The lowest BCUT2D eigenvalue weighted by Gasteiger charge is -2.06. The summed E-state index contributed by atoms with van der Waals surface area (Å²) in [6.07, 6.45) is 0. The van der Waals surface area contributed by atoms with Gasteiger partial charge in [0.2, 0.25) is 5.91 Å². The van der Waals surface area contributed by atoms with Gasteiger partial charge >= 0.3 is 0 Å². The van der Waals surface area contributed by atoms with Crippen molar-refractivity contribution in [2.24, 2.45) is 0 Å². The summed E-state index contributed by atoms with van der Waals surface area (Å²) in [5, 5.41) is 2.48. The monoisotopic (exact) mass is 279 g/mol. The van der Waals surface area contributed by atoms with Gasteiger partial charge in [-0.05, 0) is 36.4 Å². The molecule has 0 radical (unpaired) electrons. The van der Waals surface area contributed by atoms with Crippen molar-refractivity contribution in [1.82, 2.24) is 0 Å². The molecule has 5 heteroatoms. The number of carbonyl (C=O) groups excluding carboxylic acids is 1. The predicted octanol–water partition coefficient (Wildman–Crippen LogP) is 3.70. The van der Waals surface area contributed by atoms with Gasteiger partial charge in [0.1, 0.15) is 11.6 Å². The van der Waals surface area contributed by atoms with E-state index in [0.29, 0.717) is 0 Å². The lowest BCUT2D eigenvalue weighted by Crippen LogP contribution is -2.14. The Morgan fingerprint density at radius 1 is 1.05 bits per heavy atom. The third-order valence-electron chi connectivity index (χ3n) is 2.33. The van der Waals surface area contributed by atoms with Crippen LogP contribution in [0.25, 0.3) is 0 Å². The van der Waals surface area contributed by atoms with Gasteiger partial charge in [0, 0.05) is 4.90 Å². The number of benzene rings is 2. The molecule has 2 nitrogen and oxygen atoms in total. The van der Waals surface area contributed by atoms with Crippen molar-refractivity contribution in [1.29, 1.82) is 0 Å². The zero-order valence-corrected chi connectivity index (χ0v) is 10.7. The normalized spacial score (nSPS) is 10.2. The van der Waals surface area contributed by atoms with Gasteiger partial charge in [-0.2, -0.15) is 0 Å². The van der Waals surface area contributed by atoms with E-state index in [1.807, 2.05) is 0 Å². The van der Waals surface area contributed by atoms with Crippen LogP contribution in [-0.2, 0) is 4.79 Å². The Balaban J connectivity index is 1.88. The molecular weight excluding hydrogens is 268 g/mol. The van der Waals surface area contributed by atoms with E-state index in [4.69, 9.17) is 0 Å². The summed E-state index contributed by atoms with van der Waals surface area (Å²) in [6, 6.07) is 11.8. The molecule has 0 bridgehead atoms. The third-order valence-corrected chi connectivity index (χ3v) is 3.34. The summed E-state index contributed by atoms with van der Waals surface area (Å²) >= 11 is 1.26. The zero-order chi connectivity index (χ0) is 13.7. The molecule has 0 unspecified atom stereocenters. The molecule has 0 saturated heterocycles. The zero-order valence-electron chi connectivity index (χ0n) is 9.90. The Morgan fingerprint density at radius 3 is 2.42 bits per heavy atom. The van der Waals surface area contributed by atoms with Crippen LogP contribution >= 0.6 is 11.8 Å². The van der Waals surface area contributed by atoms with Gasteiger partial charge < -0.3 is 5.32 Å². The fraction of sp³-hybridized carbons (Fsp3) is 0.0714. The fourth-order valence-corrected chi connectivity index (χ4v) is 2.13. The summed E-state index contributed by atoms with van der Waals surface area (Å²) in [4.78, 5) is 12.4. The Bertz CT molecular complexity index is 572. The van der Waals surface area contributed by atoms with Crippen LogP contribution in [0.1, 0.15) is 0 Å². The number of hydrogen-bond donors (Lipinski definition) is 1. The van der Waals surface area contributed by atoms with E-state index in [0.717, 1.165) is 4.90 Å². The SMILES string of the molecule is O=C(CSc1ccc(F)cc1)Nc1ccccc1F. The highest BCUT2D eigenvalue weighted by Gasteiger charge is 2.06. The van der Waals surface area contributed by atoms with Crippen molar-refractivity contribution in [2.45, 2.75) is 4.90 Å². The first-order chi connectivity index (χ1) is 9.15. The minimum Gasteiger partial charge on any atom is -0.323 e. The van der Waals surface area contributed by atoms with E-state index >= 15 is 0 Å². The van der Waals surface area contributed by atoms with Crippen molar-refractivity contribution < 1.29 is 13.6 Å². The van der Waals surface area contributed by atoms with Crippen LogP contribution in [-0.4, -0.2) is 11.7 Å². The van der Waals surface area contributed by atoms with Crippen molar-refractivity contribution in [2.75, 3.05) is 11.1 Å². The highest BCUT2D eigenvalue weighted by atomic mass is 32.2. The van der Waals surface area contributed by atoms with Crippen LogP contribution in [0.15, 0.2) is 53.4 Å². The molecule has 0 aliphatic heterocycles. The highest BCUT2D eigenvalue weighted by molar-refractivity contribution is 8.00. The topological polar surface area (TPSA) is 29.1 Å². The third kappa shape index (κ3) is 4.06. The fourth-order valence-electron chi connectivity index (χ4n) is 1.43. The number of halogens is 2. The smallest absolute Gasteiger partial charge is 0.234 e. The van der Waals surface area contributed by atoms with Gasteiger partial charge in [-0.15, -0.1) is 11.8 Å². The van der Waals surface area contributed by atoms with E-state index in [2.05, 4.69) is 5.32 Å². The molecule has 0 aliphatic rings. The van der Waals surface area contributed by atoms with E-state index in [1.54, 1.807) is 24.3 Å². The number of nitrogens with one attached hydrogen (secondary N) is 1. The molecule has 0 heterocycles. The minimum absolute atomic E-state index is 0.139. The van der Waals surface area contributed by atoms with Crippen molar-refractivity contribution >= 4 is 23.4 Å². The molecule has 0 aromatic heterocycles. The number of amides is 1. The molecule has 2 aromatic rings. The van der Waals surface area contributed by atoms with Gasteiger partial charge in [0.15, 0.2) is 0 Å². The number of thioether (sulfide) groups is 1. The molecule has 2 rings (SSSR count). The van der Waals surface area contributed by atoms with Crippen molar-refractivity contribution in [3.05, 3.63) is 60.2 Å². The van der Waals surface area contributed by atoms with E-state index in [1.165, 1.54) is 36.0 Å². The highest BCUT2D eigenvalue weighted by Crippen LogP contribution is 2.19. The summed E-state index contributed by atoms with van der Waals surface area (Å²) < 4.78 is 26.0. The maximum absolute atomic E-state index is 13.3. The second-order valence-electron chi connectivity index (χ2n) is 3.77. The van der Waals surface area contributed by atoms with Gasteiger partial charge in [-0.3, -0.25) is 4.79 Å². The summed E-state index contributed by atoms with van der Waals surface area (Å²) in [7, 11) is 0. The molecule has 0 aliphatic carbocycles. The van der Waals surface area contributed by atoms with Gasteiger partial charge in [0.25, 0.3) is 0 Å². The van der Waals surface area contributed by atoms with Crippen molar-refractivity contribution in [3.8, 4) is 0 Å². The van der Waals surface area contributed by atoms with E-state index < -0.39 is 5.82 Å². The minimum atomic E-state index is -0.470. The largest absolute Gasteiger partial charge is 0.323 e. The molecule has 98 valence electrons. The van der Waals surface area contributed by atoms with Crippen molar-refractivity contribution in [3.63, 3.8) is 0 Å². The Labute approximate surface area is 113 Å². The van der Waals surface area contributed by atoms with Crippen LogP contribution in [0.3, 0.4) is 0 Å². The number of rotatable bonds is 4. The van der Waals surface area contributed by atoms with Gasteiger partial charge in [-0.25, -0.2) is 8.78 Å². The first-order valence-corrected chi connectivity index (χ1v) is 6.56. The molecule has 1 N–H and O–H groups in total. The average molecular weight is 279 g/mol. The van der Waals surface area contributed by atoms with E-state index in [-0.39, 0.29) is 23.2 Å². The molecule has 0 fully saturated rings. The Morgan fingerprint density at radius 2 is 1.74 bits per heavy atom. The summed E-state index contributed by atoms with van der Waals surface area (Å²) in [5.41, 5.74) is 0.159. The number of para-hydroxylation sites is 1. The summed E-state index contributed by atoms with van der Waals surface area (Å²) in [6.45, 7) is 0. The maximum atomic E-state index is 13.3. The van der Waals surface area contributed by atoms with Crippen LogP contribution in [0, 0.1) is 11.6 Å². The first-order valence-electron chi connectivity index (χ1n) is 5.58. The van der Waals surface area contributed by atoms with E-state index in [9.17, 15) is 13.6 Å². The molecule has 2 aromatic carbocycles. The Kier molecular flexibility index (Phi) is 4.52. The summed E-state index contributed by atoms with van der Waals surface area (Å²) in [5.74, 6) is -0.956. The Hall–Kier alpha value is -1.88. The average Bonchev–Trinajstić information content (AvgIpc) is 2.41. The van der Waals surface area contributed by atoms with Gasteiger partial charge in [-0.1, -0.05) is 12.1 Å². The van der Waals surface area contributed by atoms with Crippen LogP contribution in [0.5, 0.6) is 0 Å². The quantitative estimate of drug-likeness (QED) is 0.865. The molecular formula is C14H11F2NOS. The molecule has 0 saturated carbocycles. The van der Waals surface area contributed by atoms with Crippen LogP contribution < -0.4 is 5.32 Å². The standard InChI is InChI=1S/C14H11F2NOS/c15-10-5-7-11(8-6-10)19-9-14(18)17-13-4-2-1-3-12(13)16/h1-8H,9H2,(H,17,18). The first kappa shape index (κ1) is 13.5. The molecule has 19 heavy (non-hydrogen) atoms. The molecule has 0 spiro atoms. The predicted molar refractivity (Wildman–Crippen MR) is 72.2 cm³/mol.